The zero-order valence-corrected chi connectivity index (χ0v) is 17.7. The van der Waals surface area contributed by atoms with Crippen LogP contribution in [0.1, 0.15) is 54.8 Å². The number of imide groups is 2. The van der Waals surface area contributed by atoms with Crippen LogP contribution in [0.5, 0.6) is 0 Å². The van der Waals surface area contributed by atoms with Crippen molar-refractivity contribution in [2.45, 2.75) is 13.3 Å². The third-order valence-electron chi connectivity index (χ3n) is 6.39. The Bertz CT molecular complexity index is 1440. The largest absolute Gasteiger partial charge is 0.268 e. The molecule has 0 fully saturated rings. The van der Waals surface area contributed by atoms with Gasteiger partial charge in [0.25, 0.3) is 23.6 Å². The van der Waals surface area contributed by atoms with Gasteiger partial charge < -0.3 is 0 Å². The molecule has 1 radical (unpaired) electrons. The average molecular weight is 433 g/mol. The first-order valence-corrected chi connectivity index (χ1v) is 10.7. The van der Waals surface area contributed by atoms with Gasteiger partial charge in [-0.25, -0.2) is 9.80 Å². The lowest BCUT2D eigenvalue weighted by Crippen LogP contribution is -2.46. The molecule has 6 heteroatoms. The smallest absolute Gasteiger partial charge is 0.264 e. The van der Waals surface area contributed by atoms with Gasteiger partial charge in [-0.15, -0.1) is 0 Å². The molecule has 2 heterocycles. The van der Waals surface area contributed by atoms with Crippen molar-refractivity contribution in [2.24, 2.45) is 0 Å². The second-order valence-corrected chi connectivity index (χ2v) is 8.08. The summed E-state index contributed by atoms with van der Waals surface area (Å²) in [5, 5.41) is 3.01. The summed E-state index contributed by atoms with van der Waals surface area (Å²) in [5.41, 5.74) is 1.13. The van der Waals surface area contributed by atoms with Gasteiger partial charge in [-0.2, -0.15) is 0 Å². The third kappa shape index (κ3) is 2.49. The minimum Gasteiger partial charge on any atom is -0.268 e. The van der Waals surface area contributed by atoms with Crippen molar-refractivity contribution in [2.75, 3.05) is 0 Å². The lowest BCUT2D eigenvalue weighted by atomic mass is 10.0. The molecule has 4 aromatic rings. The van der Waals surface area contributed by atoms with Crippen LogP contribution in [0.4, 0.5) is 0 Å². The van der Waals surface area contributed by atoms with Gasteiger partial charge in [0.15, 0.2) is 6.17 Å². The van der Waals surface area contributed by atoms with E-state index in [2.05, 4.69) is 0 Å². The van der Waals surface area contributed by atoms with Crippen LogP contribution in [-0.4, -0.2) is 33.4 Å². The average Bonchev–Trinajstić information content (AvgIpc) is 3.25. The zero-order chi connectivity index (χ0) is 22.9. The molecule has 2 aliphatic heterocycles. The SMILES string of the molecule is CC[C](N1C(=O)c2ccc3ccccc3c2C1=O)N1C(=O)c2ccc3ccccc3c2C1=O. The molecule has 2 aliphatic rings. The lowest BCUT2D eigenvalue weighted by Gasteiger charge is -2.30. The van der Waals surface area contributed by atoms with Crippen molar-refractivity contribution in [1.82, 2.24) is 9.80 Å². The molecular weight excluding hydrogens is 416 g/mol. The Labute approximate surface area is 189 Å². The van der Waals surface area contributed by atoms with E-state index in [1.807, 2.05) is 36.4 Å². The Balaban J connectivity index is 1.47. The van der Waals surface area contributed by atoms with Gasteiger partial charge in [-0.3, -0.25) is 19.2 Å². The molecule has 0 aromatic heterocycles. The molecule has 0 N–H and O–H groups in total. The first-order chi connectivity index (χ1) is 16.0. The minimum atomic E-state index is -0.529. The highest BCUT2D eigenvalue weighted by Gasteiger charge is 2.49. The van der Waals surface area contributed by atoms with E-state index in [4.69, 9.17) is 0 Å². The van der Waals surface area contributed by atoms with Gasteiger partial charge in [-0.05, 0) is 40.1 Å². The van der Waals surface area contributed by atoms with Gasteiger partial charge in [0.2, 0.25) is 0 Å². The summed E-state index contributed by atoms with van der Waals surface area (Å²) in [6.07, 6.45) is 0.216. The zero-order valence-electron chi connectivity index (χ0n) is 17.7. The van der Waals surface area contributed by atoms with Gasteiger partial charge >= 0.3 is 0 Å². The molecule has 0 atom stereocenters. The normalized spacial score (nSPS) is 15.3. The van der Waals surface area contributed by atoms with E-state index in [-0.39, 0.29) is 23.7 Å². The topological polar surface area (TPSA) is 74.8 Å². The second kappa shape index (κ2) is 6.84. The molecule has 6 rings (SSSR count). The molecule has 6 nitrogen and oxygen atoms in total. The predicted octanol–water partition coefficient (Wildman–Crippen LogP) is 4.78. The van der Waals surface area contributed by atoms with E-state index in [0.717, 1.165) is 20.6 Å². The summed E-state index contributed by atoms with van der Waals surface area (Å²) in [6.45, 7) is 1.72. The molecule has 33 heavy (non-hydrogen) atoms. The molecular formula is C27H17N2O4. The number of fused-ring (bicyclic) bond motifs is 6. The van der Waals surface area contributed by atoms with Crippen molar-refractivity contribution in [3.63, 3.8) is 0 Å². The Morgan fingerprint density at radius 2 is 1.00 bits per heavy atom. The van der Waals surface area contributed by atoms with Crippen LogP contribution in [0.2, 0.25) is 0 Å². The van der Waals surface area contributed by atoms with Crippen LogP contribution >= 0.6 is 0 Å². The van der Waals surface area contributed by atoms with Crippen molar-refractivity contribution in [3.05, 3.63) is 101 Å². The first-order valence-electron chi connectivity index (χ1n) is 10.7. The van der Waals surface area contributed by atoms with Gasteiger partial charge in [0, 0.05) is 0 Å². The van der Waals surface area contributed by atoms with Crippen LogP contribution in [0, 0.1) is 6.17 Å². The predicted molar refractivity (Wildman–Crippen MR) is 122 cm³/mol. The Hall–Kier alpha value is -4.32. The Morgan fingerprint density at radius 1 is 0.576 bits per heavy atom. The maximum Gasteiger partial charge on any atom is 0.264 e. The summed E-state index contributed by atoms with van der Waals surface area (Å²) < 4.78 is 0. The number of carbonyl (C=O) groups excluding carboxylic acids is 4. The second-order valence-electron chi connectivity index (χ2n) is 8.08. The lowest BCUT2D eigenvalue weighted by molar-refractivity contribution is 0.0474. The molecule has 0 saturated carbocycles. The van der Waals surface area contributed by atoms with Crippen LogP contribution in [0.3, 0.4) is 0 Å². The Kier molecular flexibility index (Phi) is 4.01. The number of hydrogen-bond donors (Lipinski definition) is 0. The Morgan fingerprint density at radius 3 is 1.42 bits per heavy atom. The molecule has 4 aromatic carbocycles. The maximum absolute atomic E-state index is 13.5. The van der Waals surface area contributed by atoms with Crippen molar-refractivity contribution in [1.29, 1.82) is 0 Å². The fraction of sp³-hybridized carbons (Fsp3) is 0.0741. The highest BCUT2D eigenvalue weighted by molar-refractivity contribution is 6.30. The summed E-state index contributed by atoms with van der Waals surface area (Å²) in [7, 11) is 0. The van der Waals surface area contributed by atoms with E-state index in [9.17, 15) is 19.2 Å². The summed E-state index contributed by atoms with van der Waals surface area (Å²) in [6, 6.07) is 21.5. The van der Waals surface area contributed by atoms with E-state index in [1.165, 1.54) is 0 Å². The van der Waals surface area contributed by atoms with Crippen LogP contribution < -0.4 is 0 Å². The van der Waals surface area contributed by atoms with Gasteiger partial charge in [0.1, 0.15) is 0 Å². The van der Waals surface area contributed by atoms with Gasteiger partial charge in [-0.1, -0.05) is 67.6 Å². The first kappa shape index (κ1) is 19.4. The molecule has 0 aliphatic carbocycles. The number of benzene rings is 4. The number of hydrogen-bond acceptors (Lipinski definition) is 4. The van der Waals surface area contributed by atoms with Crippen LogP contribution in [0.25, 0.3) is 21.5 Å². The highest BCUT2D eigenvalue weighted by atomic mass is 16.2. The fourth-order valence-electron chi connectivity index (χ4n) is 4.89. The third-order valence-corrected chi connectivity index (χ3v) is 6.39. The minimum absolute atomic E-state index is 0.0700. The van der Waals surface area contributed by atoms with E-state index >= 15 is 0 Å². The standard InChI is InChI=1S/C27H17N2O4/c1-2-21(28-24(30)19-13-11-15-7-3-5-9-17(15)22(19)26(28)32)29-25(31)20-14-12-16-8-4-6-10-18(16)23(20)27(29)33/h3-14H,2H2,1H3. The number of nitrogens with zero attached hydrogens (tertiary/aromatic N) is 2. The van der Waals surface area contributed by atoms with E-state index in [1.54, 1.807) is 43.3 Å². The van der Waals surface area contributed by atoms with Crippen molar-refractivity contribution in [3.8, 4) is 0 Å². The highest BCUT2D eigenvalue weighted by Crippen LogP contribution is 2.39. The van der Waals surface area contributed by atoms with Gasteiger partial charge in [0.05, 0.1) is 22.3 Å². The van der Waals surface area contributed by atoms with Crippen molar-refractivity contribution >= 4 is 45.2 Å². The summed E-state index contributed by atoms with van der Waals surface area (Å²) in [5.74, 6) is -2.10. The summed E-state index contributed by atoms with van der Waals surface area (Å²) in [4.78, 5) is 55.7. The van der Waals surface area contributed by atoms with Crippen molar-refractivity contribution < 1.29 is 19.2 Å². The van der Waals surface area contributed by atoms with Crippen LogP contribution in [-0.2, 0) is 0 Å². The molecule has 159 valence electrons. The molecule has 0 spiro atoms. The molecule has 0 saturated heterocycles. The summed E-state index contributed by atoms with van der Waals surface area (Å²) >= 11 is 0. The van der Waals surface area contributed by atoms with Crippen LogP contribution in [0.15, 0.2) is 72.8 Å². The van der Waals surface area contributed by atoms with E-state index < -0.39 is 23.6 Å². The number of carbonyl (C=O) groups is 4. The fourth-order valence-corrected chi connectivity index (χ4v) is 4.89. The van der Waals surface area contributed by atoms with E-state index in [0.29, 0.717) is 21.9 Å². The molecule has 0 bridgehead atoms. The number of amides is 4. The quantitative estimate of drug-likeness (QED) is 0.436. The number of rotatable bonds is 3. The molecule has 4 amide bonds. The maximum atomic E-state index is 13.5. The molecule has 0 unspecified atom stereocenters. The monoisotopic (exact) mass is 433 g/mol.